The lowest BCUT2D eigenvalue weighted by atomic mass is 9.49. The summed E-state index contributed by atoms with van der Waals surface area (Å²) in [6.07, 6.45) is 7.07. The number of aromatic nitrogens is 1. The van der Waals surface area contributed by atoms with E-state index in [1.807, 2.05) is 11.8 Å². The number of hydrogen-bond donors (Lipinski definition) is 1. The minimum Gasteiger partial charge on any atom is -0.378 e. The van der Waals surface area contributed by atoms with Gasteiger partial charge in [-0.1, -0.05) is 11.3 Å². The highest BCUT2D eigenvalue weighted by Gasteiger charge is 2.54. The number of hydrogen-bond acceptors (Lipinski definition) is 5. The quantitative estimate of drug-likeness (QED) is 0.862. The second-order valence-corrected chi connectivity index (χ2v) is 9.99. The number of carbonyl (C=O) groups is 2. The van der Waals surface area contributed by atoms with Gasteiger partial charge in [-0.2, -0.15) is 0 Å². The molecule has 4 aliphatic carbocycles. The van der Waals surface area contributed by atoms with Crippen LogP contribution in [0.15, 0.2) is 0 Å². The van der Waals surface area contributed by atoms with Crippen LogP contribution in [0.5, 0.6) is 0 Å². The normalized spacial score (nSPS) is 34.7. The fraction of sp³-hybridized carbons (Fsp3) is 0.750. The Bertz CT molecular complexity index is 733. The third-order valence-corrected chi connectivity index (χ3v) is 8.09. The number of aryl methyl sites for hydroxylation is 1. The zero-order valence-corrected chi connectivity index (χ0v) is 16.6. The summed E-state index contributed by atoms with van der Waals surface area (Å²) in [6, 6.07) is 0. The minimum absolute atomic E-state index is 0.00334. The van der Waals surface area contributed by atoms with E-state index in [1.54, 1.807) is 0 Å². The van der Waals surface area contributed by atoms with Gasteiger partial charge < -0.3 is 15.0 Å². The maximum Gasteiger partial charge on any atom is 0.266 e. The van der Waals surface area contributed by atoms with Crippen molar-refractivity contribution in [2.75, 3.05) is 31.6 Å². The van der Waals surface area contributed by atoms with Crippen molar-refractivity contribution in [1.82, 2.24) is 9.88 Å². The summed E-state index contributed by atoms with van der Waals surface area (Å²) in [5.74, 6) is 2.35. The first-order valence-corrected chi connectivity index (χ1v) is 11.0. The fourth-order valence-corrected chi connectivity index (χ4v) is 7.11. The van der Waals surface area contributed by atoms with Crippen LogP contribution in [0, 0.1) is 30.1 Å². The summed E-state index contributed by atoms with van der Waals surface area (Å²) >= 11 is 1.32. The maximum atomic E-state index is 13.2. The number of carbonyl (C=O) groups excluding carboxylic acids is 2. The molecule has 2 amide bonds. The highest BCUT2D eigenvalue weighted by atomic mass is 32.1. The van der Waals surface area contributed by atoms with E-state index in [4.69, 9.17) is 4.74 Å². The number of anilines is 1. The lowest BCUT2D eigenvalue weighted by molar-refractivity contribution is -0.140. The Kier molecular flexibility index (Phi) is 4.27. The highest BCUT2D eigenvalue weighted by Crippen LogP contribution is 2.60. The van der Waals surface area contributed by atoms with E-state index >= 15 is 0 Å². The van der Waals surface area contributed by atoms with Crippen LogP contribution >= 0.6 is 11.3 Å². The van der Waals surface area contributed by atoms with Gasteiger partial charge in [-0.3, -0.25) is 9.59 Å². The lowest BCUT2D eigenvalue weighted by Gasteiger charge is -2.55. The number of rotatable bonds is 3. The van der Waals surface area contributed by atoms with E-state index in [0.717, 1.165) is 37.0 Å². The Hall–Kier alpha value is -1.47. The van der Waals surface area contributed by atoms with E-state index in [9.17, 15) is 9.59 Å². The molecule has 1 N–H and O–H groups in total. The summed E-state index contributed by atoms with van der Waals surface area (Å²) in [6.45, 7) is 4.25. The molecule has 1 aromatic heterocycles. The molecule has 0 radical (unpaired) electrons. The van der Waals surface area contributed by atoms with Gasteiger partial charge in [0.2, 0.25) is 5.91 Å². The van der Waals surface area contributed by atoms with E-state index in [1.165, 1.54) is 30.6 Å². The first kappa shape index (κ1) is 17.6. The van der Waals surface area contributed by atoms with Gasteiger partial charge in [-0.15, -0.1) is 0 Å². The maximum absolute atomic E-state index is 13.2. The molecule has 1 aromatic rings. The molecular weight excluding hydrogens is 362 g/mol. The van der Waals surface area contributed by atoms with Crippen LogP contribution in [0.2, 0.25) is 0 Å². The highest BCUT2D eigenvalue weighted by molar-refractivity contribution is 7.17. The van der Waals surface area contributed by atoms with Gasteiger partial charge in [0.1, 0.15) is 4.88 Å². The fourth-order valence-electron chi connectivity index (χ4n) is 6.18. The third-order valence-electron chi connectivity index (χ3n) is 7.03. The molecule has 5 aliphatic rings. The summed E-state index contributed by atoms with van der Waals surface area (Å²) in [5.41, 5.74) is 0.514. The zero-order chi connectivity index (χ0) is 18.6. The number of amides is 2. The molecule has 1 aliphatic heterocycles. The smallest absolute Gasteiger partial charge is 0.266 e. The molecule has 4 bridgehead atoms. The Balaban J connectivity index is 1.31. The Morgan fingerprint density at radius 2 is 1.70 bits per heavy atom. The van der Waals surface area contributed by atoms with Crippen LogP contribution in [-0.4, -0.2) is 48.0 Å². The molecule has 0 aromatic carbocycles. The predicted molar refractivity (Wildman–Crippen MR) is 103 cm³/mol. The van der Waals surface area contributed by atoms with E-state index in [0.29, 0.717) is 42.0 Å². The summed E-state index contributed by atoms with van der Waals surface area (Å²) in [5, 5.41) is 3.66. The Labute approximate surface area is 163 Å². The van der Waals surface area contributed by atoms with Crippen LogP contribution in [0.1, 0.15) is 53.9 Å². The van der Waals surface area contributed by atoms with Gasteiger partial charge in [0.25, 0.3) is 5.91 Å². The molecule has 6 rings (SSSR count). The van der Waals surface area contributed by atoms with Crippen LogP contribution in [0.4, 0.5) is 5.13 Å². The van der Waals surface area contributed by atoms with Crippen LogP contribution in [-0.2, 0) is 9.53 Å². The summed E-state index contributed by atoms with van der Waals surface area (Å²) in [4.78, 5) is 32.9. The number of thiazole rings is 1. The second kappa shape index (κ2) is 6.55. The van der Waals surface area contributed by atoms with Crippen molar-refractivity contribution in [3.8, 4) is 0 Å². The molecule has 7 heteroatoms. The SMILES string of the molecule is Cc1nc(NC(=O)C23CC4CC(CC(C4)C2)C3)sc1C(=O)N1CCOCC1. The second-order valence-electron chi connectivity index (χ2n) is 8.99. The summed E-state index contributed by atoms with van der Waals surface area (Å²) < 4.78 is 5.33. The van der Waals surface area contributed by atoms with Crippen LogP contribution in [0.3, 0.4) is 0 Å². The Morgan fingerprint density at radius 1 is 1.11 bits per heavy atom. The minimum atomic E-state index is -0.192. The van der Waals surface area contributed by atoms with Crippen molar-refractivity contribution in [2.45, 2.75) is 45.4 Å². The van der Waals surface area contributed by atoms with Gasteiger partial charge in [-0.25, -0.2) is 4.98 Å². The van der Waals surface area contributed by atoms with Crippen LogP contribution < -0.4 is 5.32 Å². The van der Waals surface area contributed by atoms with Gasteiger partial charge in [0, 0.05) is 13.1 Å². The number of nitrogens with zero attached hydrogens (tertiary/aromatic N) is 2. The van der Waals surface area contributed by atoms with Crippen molar-refractivity contribution in [1.29, 1.82) is 0 Å². The number of morpholine rings is 1. The molecule has 0 spiro atoms. The molecule has 6 nitrogen and oxygen atoms in total. The summed E-state index contributed by atoms with van der Waals surface area (Å²) in [7, 11) is 0. The van der Waals surface area contributed by atoms with Gasteiger partial charge in [0.05, 0.1) is 24.3 Å². The van der Waals surface area contributed by atoms with Crippen molar-refractivity contribution in [3.05, 3.63) is 10.6 Å². The van der Waals surface area contributed by atoms with E-state index in [2.05, 4.69) is 10.3 Å². The first-order valence-electron chi connectivity index (χ1n) is 10.2. The molecule has 0 unspecified atom stereocenters. The molecular formula is C20H27N3O3S. The Morgan fingerprint density at radius 3 is 2.30 bits per heavy atom. The third kappa shape index (κ3) is 3.09. The van der Waals surface area contributed by atoms with Crippen molar-refractivity contribution in [3.63, 3.8) is 0 Å². The van der Waals surface area contributed by atoms with Gasteiger partial charge in [-0.05, 0) is 63.2 Å². The first-order chi connectivity index (χ1) is 13.0. The predicted octanol–water partition coefficient (Wildman–Crippen LogP) is 3.08. The van der Waals surface area contributed by atoms with Crippen molar-refractivity contribution < 1.29 is 14.3 Å². The molecule has 0 atom stereocenters. The monoisotopic (exact) mass is 389 g/mol. The average Bonchev–Trinajstić information content (AvgIpc) is 3.01. The van der Waals surface area contributed by atoms with E-state index < -0.39 is 0 Å². The largest absolute Gasteiger partial charge is 0.378 e. The molecule has 5 fully saturated rings. The van der Waals surface area contributed by atoms with Crippen molar-refractivity contribution in [2.24, 2.45) is 23.2 Å². The zero-order valence-electron chi connectivity index (χ0n) is 15.8. The van der Waals surface area contributed by atoms with E-state index in [-0.39, 0.29) is 17.2 Å². The van der Waals surface area contributed by atoms with Gasteiger partial charge >= 0.3 is 0 Å². The molecule has 27 heavy (non-hydrogen) atoms. The molecule has 146 valence electrons. The van der Waals surface area contributed by atoms with Crippen molar-refractivity contribution >= 4 is 28.3 Å². The number of nitrogens with one attached hydrogen (secondary N) is 1. The molecule has 2 heterocycles. The standard InChI is InChI=1S/C20H27N3O3S/c1-12-16(17(24)23-2-4-26-5-3-23)27-19(21-12)22-18(25)20-9-13-6-14(10-20)8-15(7-13)11-20/h13-15H,2-11H2,1H3,(H,21,22,25). The average molecular weight is 390 g/mol. The van der Waals surface area contributed by atoms with Crippen LogP contribution in [0.25, 0.3) is 0 Å². The topological polar surface area (TPSA) is 71.5 Å². The lowest BCUT2D eigenvalue weighted by Crippen LogP contribution is -2.51. The van der Waals surface area contributed by atoms with Gasteiger partial charge in [0.15, 0.2) is 5.13 Å². The molecule has 4 saturated carbocycles. The number of ether oxygens (including phenoxy) is 1. The molecule has 1 saturated heterocycles.